The molecule has 0 heterocycles. The van der Waals surface area contributed by atoms with Crippen molar-refractivity contribution in [3.63, 3.8) is 0 Å². The van der Waals surface area contributed by atoms with E-state index in [-0.39, 0.29) is 5.78 Å². The van der Waals surface area contributed by atoms with E-state index in [9.17, 15) is 14.9 Å². The number of Topliss-reactive ketones (excluding diaryl/α,β-unsaturated/α-hetero) is 1. The van der Waals surface area contributed by atoms with Gasteiger partial charge in [-0.3, -0.25) is 14.9 Å². The van der Waals surface area contributed by atoms with Crippen LogP contribution in [0.3, 0.4) is 0 Å². The summed E-state index contributed by atoms with van der Waals surface area (Å²) >= 11 is 0. The summed E-state index contributed by atoms with van der Waals surface area (Å²) in [5, 5.41) is 10.9. The minimum atomic E-state index is -1.00. The van der Waals surface area contributed by atoms with E-state index in [1.807, 2.05) is 37.3 Å². The molecule has 0 bridgehead atoms. The van der Waals surface area contributed by atoms with Crippen LogP contribution in [0, 0.1) is 10.1 Å². The molecule has 0 aliphatic heterocycles. The summed E-state index contributed by atoms with van der Waals surface area (Å²) in [5.74, 6) is -0.229. The van der Waals surface area contributed by atoms with E-state index in [0.29, 0.717) is 19.3 Å². The number of ketones is 1. The molecule has 0 saturated carbocycles. The van der Waals surface area contributed by atoms with Crippen molar-refractivity contribution in [2.24, 2.45) is 0 Å². The van der Waals surface area contributed by atoms with E-state index in [1.54, 1.807) is 0 Å². The molecule has 0 saturated heterocycles. The van der Waals surface area contributed by atoms with Crippen LogP contribution in [-0.4, -0.2) is 16.7 Å². The van der Waals surface area contributed by atoms with E-state index in [1.165, 1.54) is 5.56 Å². The van der Waals surface area contributed by atoms with Crippen LogP contribution in [0.2, 0.25) is 0 Å². The Morgan fingerprint density at radius 2 is 1.95 bits per heavy atom. The Kier molecular flexibility index (Phi) is 6.79. The highest BCUT2D eigenvalue weighted by atomic mass is 16.6. The van der Waals surface area contributed by atoms with Crippen LogP contribution in [0.4, 0.5) is 0 Å². The predicted octanol–water partition coefficient (Wildman–Crippen LogP) is 3.41. The molecule has 0 aromatic heterocycles. The Bertz CT molecular complexity index is 403. The van der Waals surface area contributed by atoms with Gasteiger partial charge in [-0.15, -0.1) is 0 Å². The number of rotatable bonds is 9. The number of hydrogen-bond donors (Lipinski definition) is 0. The molecule has 1 atom stereocenters. The zero-order valence-corrected chi connectivity index (χ0v) is 11.4. The maximum atomic E-state index is 11.6. The van der Waals surface area contributed by atoms with Crippen molar-refractivity contribution >= 4 is 5.78 Å². The van der Waals surface area contributed by atoms with E-state index < -0.39 is 11.0 Å². The quantitative estimate of drug-likeness (QED) is 0.389. The third-order valence-electron chi connectivity index (χ3n) is 3.16. The fourth-order valence-corrected chi connectivity index (χ4v) is 2.11. The number of unbranched alkanes of at least 4 members (excludes halogenated alkanes) is 1. The normalized spacial score (nSPS) is 12.1. The molecule has 0 amide bonds. The van der Waals surface area contributed by atoms with E-state index in [0.717, 1.165) is 19.3 Å². The highest BCUT2D eigenvalue weighted by Gasteiger charge is 2.27. The third kappa shape index (κ3) is 5.64. The first-order valence-corrected chi connectivity index (χ1v) is 6.85. The van der Waals surface area contributed by atoms with Crippen LogP contribution in [0.15, 0.2) is 30.3 Å². The summed E-state index contributed by atoms with van der Waals surface area (Å²) in [6.07, 6.45) is 3.85. The van der Waals surface area contributed by atoms with Crippen molar-refractivity contribution in [2.75, 3.05) is 0 Å². The van der Waals surface area contributed by atoms with Gasteiger partial charge < -0.3 is 0 Å². The number of hydrogen-bond acceptors (Lipinski definition) is 3. The van der Waals surface area contributed by atoms with Gasteiger partial charge in [0.25, 0.3) is 6.04 Å². The van der Waals surface area contributed by atoms with Gasteiger partial charge in [0.15, 0.2) is 0 Å². The molecule has 19 heavy (non-hydrogen) atoms. The zero-order chi connectivity index (χ0) is 14.1. The van der Waals surface area contributed by atoms with Gasteiger partial charge in [0.1, 0.15) is 0 Å². The first-order valence-electron chi connectivity index (χ1n) is 6.85. The van der Waals surface area contributed by atoms with Crippen molar-refractivity contribution < 1.29 is 9.72 Å². The standard InChI is InChI=1S/C15H21NO3/c1-2-8-15(17)14(16(18)19)12-7-6-11-13-9-4-3-5-10-13/h3-5,9-10,14H,2,6-8,11-12H2,1H3. The van der Waals surface area contributed by atoms with Gasteiger partial charge in [-0.25, -0.2) is 0 Å². The Hall–Kier alpha value is -1.71. The smallest absolute Gasteiger partial charge is 0.270 e. The summed E-state index contributed by atoms with van der Waals surface area (Å²) in [7, 11) is 0. The van der Waals surface area contributed by atoms with Crippen LogP contribution in [0.1, 0.15) is 44.6 Å². The molecule has 0 N–H and O–H groups in total. The van der Waals surface area contributed by atoms with Gasteiger partial charge in [0.05, 0.1) is 0 Å². The Morgan fingerprint density at radius 3 is 2.53 bits per heavy atom. The monoisotopic (exact) mass is 263 g/mol. The van der Waals surface area contributed by atoms with Crippen molar-refractivity contribution in [3.05, 3.63) is 46.0 Å². The minimum absolute atomic E-state index is 0.229. The van der Waals surface area contributed by atoms with Gasteiger partial charge in [0.2, 0.25) is 5.78 Å². The Labute approximate surface area is 114 Å². The molecule has 0 aliphatic rings. The van der Waals surface area contributed by atoms with E-state index in [2.05, 4.69) is 0 Å². The average molecular weight is 263 g/mol. The van der Waals surface area contributed by atoms with Gasteiger partial charge in [-0.1, -0.05) is 37.3 Å². The molecule has 1 rings (SSSR count). The molecule has 0 aliphatic carbocycles. The Morgan fingerprint density at radius 1 is 1.26 bits per heavy atom. The molecule has 0 radical (unpaired) electrons. The lowest BCUT2D eigenvalue weighted by Gasteiger charge is -2.07. The predicted molar refractivity (Wildman–Crippen MR) is 74.7 cm³/mol. The molecule has 0 fully saturated rings. The molecule has 1 unspecified atom stereocenters. The lowest BCUT2D eigenvalue weighted by Crippen LogP contribution is -2.29. The third-order valence-corrected chi connectivity index (χ3v) is 3.16. The van der Waals surface area contributed by atoms with Crippen molar-refractivity contribution in [2.45, 2.75) is 51.5 Å². The zero-order valence-electron chi connectivity index (χ0n) is 11.4. The molecule has 1 aromatic rings. The lowest BCUT2D eigenvalue weighted by atomic mass is 10.0. The summed E-state index contributed by atoms with van der Waals surface area (Å²) in [5.41, 5.74) is 1.24. The molecular formula is C15H21NO3. The summed E-state index contributed by atoms with van der Waals surface area (Å²) in [6.45, 7) is 1.87. The second-order valence-corrected chi connectivity index (χ2v) is 4.75. The average Bonchev–Trinajstić information content (AvgIpc) is 2.39. The SMILES string of the molecule is CCCC(=O)C(CCCCc1ccccc1)[N+](=O)[O-]. The minimum Gasteiger partial charge on any atom is -0.292 e. The highest BCUT2D eigenvalue weighted by Crippen LogP contribution is 2.11. The summed E-state index contributed by atoms with van der Waals surface area (Å²) in [6, 6.07) is 9.03. The van der Waals surface area contributed by atoms with Gasteiger partial charge in [0, 0.05) is 17.8 Å². The van der Waals surface area contributed by atoms with Crippen LogP contribution in [0.25, 0.3) is 0 Å². The number of carbonyl (C=O) groups excluding carboxylic acids is 1. The molecular weight excluding hydrogens is 242 g/mol. The van der Waals surface area contributed by atoms with Crippen LogP contribution in [-0.2, 0) is 11.2 Å². The molecule has 1 aromatic carbocycles. The van der Waals surface area contributed by atoms with Gasteiger partial charge in [-0.05, 0) is 31.2 Å². The molecule has 4 heteroatoms. The molecule has 4 nitrogen and oxygen atoms in total. The fraction of sp³-hybridized carbons (Fsp3) is 0.533. The van der Waals surface area contributed by atoms with Crippen LogP contribution >= 0.6 is 0 Å². The Balaban J connectivity index is 2.33. The number of nitrogens with zero attached hydrogens (tertiary/aromatic N) is 1. The second-order valence-electron chi connectivity index (χ2n) is 4.75. The molecule has 104 valence electrons. The first kappa shape index (κ1) is 15.3. The highest BCUT2D eigenvalue weighted by molar-refractivity contribution is 5.82. The van der Waals surface area contributed by atoms with Crippen molar-refractivity contribution in [1.82, 2.24) is 0 Å². The number of nitro groups is 1. The van der Waals surface area contributed by atoms with Crippen LogP contribution in [0.5, 0.6) is 0 Å². The topological polar surface area (TPSA) is 60.2 Å². The first-order chi connectivity index (χ1) is 9.15. The number of aryl methyl sites for hydroxylation is 1. The fourth-order valence-electron chi connectivity index (χ4n) is 2.11. The second kappa shape index (κ2) is 8.40. The lowest BCUT2D eigenvalue weighted by molar-refractivity contribution is -0.508. The largest absolute Gasteiger partial charge is 0.292 e. The van der Waals surface area contributed by atoms with Crippen molar-refractivity contribution in [1.29, 1.82) is 0 Å². The van der Waals surface area contributed by atoms with Gasteiger partial charge >= 0.3 is 0 Å². The van der Waals surface area contributed by atoms with Crippen LogP contribution < -0.4 is 0 Å². The number of carbonyl (C=O) groups is 1. The van der Waals surface area contributed by atoms with Gasteiger partial charge in [-0.2, -0.15) is 0 Å². The maximum absolute atomic E-state index is 11.6. The van der Waals surface area contributed by atoms with Crippen molar-refractivity contribution in [3.8, 4) is 0 Å². The van der Waals surface area contributed by atoms with E-state index in [4.69, 9.17) is 0 Å². The summed E-state index contributed by atoms with van der Waals surface area (Å²) < 4.78 is 0. The number of benzene rings is 1. The van der Waals surface area contributed by atoms with E-state index >= 15 is 0 Å². The molecule has 0 spiro atoms. The maximum Gasteiger partial charge on any atom is 0.270 e. The summed E-state index contributed by atoms with van der Waals surface area (Å²) in [4.78, 5) is 22.0.